The lowest BCUT2D eigenvalue weighted by atomic mass is 10.00. The molecular formula is C25H20N2. The van der Waals surface area contributed by atoms with Crippen molar-refractivity contribution < 1.29 is 0 Å². The fourth-order valence-electron chi connectivity index (χ4n) is 3.46. The number of nitrogens with zero attached hydrogens (tertiary/aromatic N) is 2. The predicted octanol–water partition coefficient (Wildman–Crippen LogP) is 7.28. The number of anilines is 3. The lowest BCUT2D eigenvalue weighted by Gasteiger charge is -2.27. The molecule has 0 N–H and O–H groups in total. The number of hydrogen-bond donors (Lipinski definition) is 0. The zero-order valence-corrected chi connectivity index (χ0v) is 15.0. The van der Waals surface area contributed by atoms with Gasteiger partial charge in [0.05, 0.1) is 11.4 Å². The molecule has 130 valence electrons. The summed E-state index contributed by atoms with van der Waals surface area (Å²) in [5.41, 5.74) is 5.12. The maximum Gasteiger partial charge on any atom is 0.0774 e. The summed E-state index contributed by atoms with van der Waals surface area (Å²) in [6.45, 7) is 7.76. The maximum absolute atomic E-state index is 4.28. The van der Waals surface area contributed by atoms with Crippen LogP contribution in [0.1, 0.15) is 5.56 Å². The van der Waals surface area contributed by atoms with Crippen LogP contribution < -0.4 is 4.90 Å². The molecule has 0 spiro atoms. The molecule has 0 atom stereocenters. The second-order valence-corrected chi connectivity index (χ2v) is 6.25. The van der Waals surface area contributed by atoms with Crippen molar-refractivity contribution in [2.75, 3.05) is 4.90 Å². The second-order valence-electron chi connectivity index (χ2n) is 6.25. The first-order valence-corrected chi connectivity index (χ1v) is 8.88. The largest absolute Gasteiger partial charge is 0.310 e. The smallest absolute Gasteiger partial charge is 0.0774 e. The Kier molecular flexibility index (Phi) is 4.54. The summed E-state index contributed by atoms with van der Waals surface area (Å²) in [7, 11) is 0. The van der Waals surface area contributed by atoms with E-state index in [0.717, 1.165) is 39.1 Å². The van der Waals surface area contributed by atoms with Crippen molar-refractivity contribution in [1.82, 2.24) is 0 Å². The van der Waals surface area contributed by atoms with Gasteiger partial charge in [0.1, 0.15) is 0 Å². The molecule has 27 heavy (non-hydrogen) atoms. The van der Waals surface area contributed by atoms with Crippen LogP contribution in [0, 0.1) is 0 Å². The van der Waals surface area contributed by atoms with Crippen LogP contribution in [0.5, 0.6) is 0 Å². The highest BCUT2D eigenvalue weighted by molar-refractivity contribution is 6.07. The van der Waals surface area contributed by atoms with Gasteiger partial charge in [-0.15, -0.1) is 0 Å². The van der Waals surface area contributed by atoms with Crippen molar-refractivity contribution >= 4 is 46.3 Å². The molecule has 0 saturated heterocycles. The molecule has 0 aliphatic heterocycles. The topological polar surface area (TPSA) is 15.6 Å². The highest BCUT2D eigenvalue weighted by Crippen LogP contribution is 2.43. The van der Waals surface area contributed by atoms with Gasteiger partial charge in [0.15, 0.2) is 0 Å². The van der Waals surface area contributed by atoms with E-state index in [4.69, 9.17) is 0 Å². The zero-order valence-electron chi connectivity index (χ0n) is 15.0. The predicted molar refractivity (Wildman–Crippen MR) is 118 cm³/mol. The molecule has 0 saturated carbocycles. The molecule has 4 rings (SSSR count). The van der Waals surface area contributed by atoms with E-state index in [2.05, 4.69) is 96.0 Å². The van der Waals surface area contributed by atoms with E-state index in [1.165, 1.54) is 0 Å². The van der Waals surface area contributed by atoms with Crippen molar-refractivity contribution in [3.05, 3.63) is 103 Å². The summed E-state index contributed by atoms with van der Waals surface area (Å²) in [6.07, 6.45) is 1.84. The van der Waals surface area contributed by atoms with Crippen molar-refractivity contribution in [2.45, 2.75) is 0 Å². The number of aliphatic imine (C=N–C) groups is 1. The minimum atomic E-state index is 0.866. The lowest BCUT2D eigenvalue weighted by Crippen LogP contribution is -2.10. The van der Waals surface area contributed by atoms with E-state index in [9.17, 15) is 0 Å². The number of benzene rings is 4. The Hall–Kier alpha value is -3.65. The van der Waals surface area contributed by atoms with Gasteiger partial charge in [-0.25, -0.2) is 0 Å². The summed E-state index contributed by atoms with van der Waals surface area (Å²) < 4.78 is 0. The highest BCUT2D eigenvalue weighted by atomic mass is 15.1. The third-order valence-corrected chi connectivity index (χ3v) is 4.67. The van der Waals surface area contributed by atoms with Gasteiger partial charge in [0.25, 0.3) is 0 Å². The standard InChI is InChI=1S/C25H20N2/c1-3-19-18-24(22-16-10-11-17-23(22)25(19)26-2)27(20-12-6-4-7-13-20)21-14-8-5-9-15-21/h3-18H,1-2H2. The summed E-state index contributed by atoms with van der Waals surface area (Å²) in [5, 5.41) is 2.19. The van der Waals surface area contributed by atoms with E-state index < -0.39 is 0 Å². The Morgan fingerprint density at radius 3 is 1.74 bits per heavy atom. The quantitative estimate of drug-likeness (QED) is 0.346. The first-order chi connectivity index (χ1) is 13.3. The van der Waals surface area contributed by atoms with Gasteiger partial charge in [0.2, 0.25) is 0 Å². The van der Waals surface area contributed by atoms with Crippen LogP contribution in [0.4, 0.5) is 22.7 Å². The Morgan fingerprint density at radius 1 is 0.704 bits per heavy atom. The number of hydrogen-bond acceptors (Lipinski definition) is 2. The summed E-state index contributed by atoms with van der Waals surface area (Å²) in [5.74, 6) is 0. The normalized spacial score (nSPS) is 10.5. The molecule has 0 amide bonds. The van der Waals surface area contributed by atoms with Crippen molar-refractivity contribution in [2.24, 2.45) is 4.99 Å². The third kappa shape index (κ3) is 3.02. The molecule has 0 bridgehead atoms. The van der Waals surface area contributed by atoms with Crippen LogP contribution in [-0.4, -0.2) is 6.72 Å². The second kappa shape index (κ2) is 7.30. The van der Waals surface area contributed by atoms with E-state index >= 15 is 0 Å². The first kappa shape index (κ1) is 16.8. The number of para-hydroxylation sites is 2. The fourth-order valence-corrected chi connectivity index (χ4v) is 3.46. The molecule has 4 aromatic carbocycles. The van der Waals surface area contributed by atoms with Crippen molar-refractivity contribution in [1.29, 1.82) is 0 Å². The number of rotatable bonds is 5. The van der Waals surface area contributed by atoms with Crippen LogP contribution in [0.3, 0.4) is 0 Å². The van der Waals surface area contributed by atoms with E-state index in [0.29, 0.717) is 0 Å². The highest BCUT2D eigenvalue weighted by Gasteiger charge is 2.17. The molecule has 2 nitrogen and oxygen atoms in total. The SMILES string of the molecule is C=Cc1cc(N(c2ccccc2)c2ccccc2)c2ccccc2c1N=C. The van der Waals surface area contributed by atoms with Crippen LogP contribution in [0.2, 0.25) is 0 Å². The molecule has 4 aromatic rings. The van der Waals surface area contributed by atoms with Gasteiger partial charge >= 0.3 is 0 Å². The van der Waals surface area contributed by atoms with Crippen LogP contribution in [-0.2, 0) is 0 Å². The van der Waals surface area contributed by atoms with Crippen molar-refractivity contribution in [3.8, 4) is 0 Å². The monoisotopic (exact) mass is 348 g/mol. The van der Waals surface area contributed by atoms with Crippen LogP contribution >= 0.6 is 0 Å². The average Bonchev–Trinajstić information content (AvgIpc) is 2.75. The summed E-state index contributed by atoms with van der Waals surface area (Å²) in [6, 6.07) is 31.2. The molecule has 0 aliphatic carbocycles. The van der Waals surface area contributed by atoms with Gasteiger partial charge in [-0.1, -0.05) is 73.3 Å². The van der Waals surface area contributed by atoms with Gasteiger partial charge in [-0.3, -0.25) is 4.99 Å². The van der Waals surface area contributed by atoms with Gasteiger partial charge < -0.3 is 4.90 Å². The van der Waals surface area contributed by atoms with E-state index in [1.807, 2.05) is 24.3 Å². The van der Waals surface area contributed by atoms with Gasteiger partial charge in [-0.2, -0.15) is 0 Å². The zero-order chi connectivity index (χ0) is 18.6. The molecule has 0 radical (unpaired) electrons. The number of fused-ring (bicyclic) bond motifs is 1. The van der Waals surface area contributed by atoms with Crippen LogP contribution in [0.15, 0.2) is 103 Å². The minimum absolute atomic E-state index is 0.866. The summed E-state index contributed by atoms with van der Waals surface area (Å²) in [4.78, 5) is 6.54. The van der Waals surface area contributed by atoms with Crippen molar-refractivity contribution in [3.63, 3.8) is 0 Å². The molecule has 0 heterocycles. The average molecular weight is 348 g/mol. The Labute approximate surface area is 159 Å². The Balaban J connectivity index is 2.08. The van der Waals surface area contributed by atoms with E-state index in [-0.39, 0.29) is 0 Å². The molecular weight excluding hydrogens is 328 g/mol. The van der Waals surface area contributed by atoms with Crippen LogP contribution in [0.25, 0.3) is 16.8 Å². The minimum Gasteiger partial charge on any atom is -0.310 e. The van der Waals surface area contributed by atoms with Gasteiger partial charge in [0, 0.05) is 27.7 Å². The fraction of sp³-hybridized carbons (Fsp3) is 0. The third-order valence-electron chi connectivity index (χ3n) is 4.67. The molecule has 0 fully saturated rings. The molecule has 2 heteroatoms. The maximum atomic E-state index is 4.28. The first-order valence-electron chi connectivity index (χ1n) is 8.88. The Bertz CT molecular complexity index is 1060. The Morgan fingerprint density at radius 2 is 1.22 bits per heavy atom. The molecule has 0 aromatic heterocycles. The van der Waals surface area contributed by atoms with Gasteiger partial charge in [-0.05, 0) is 37.0 Å². The van der Waals surface area contributed by atoms with E-state index in [1.54, 1.807) is 0 Å². The molecule has 0 aliphatic rings. The summed E-state index contributed by atoms with van der Waals surface area (Å²) >= 11 is 0. The molecule has 0 unspecified atom stereocenters. The lowest BCUT2D eigenvalue weighted by molar-refractivity contribution is 1.29.